The Morgan fingerprint density at radius 1 is 1.32 bits per heavy atom. The van der Waals surface area contributed by atoms with Crippen LogP contribution in [-0.2, 0) is 16.4 Å². The number of aromatic nitrogens is 2. The molecule has 0 aliphatic rings. The lowest BCUT2D eigenvalue weighted by atomic mass is 9.83. The molecular weight excluding hydrogens is 448 g/mol. The molecule has 7 nitrogen and oxygen atoms in total. The maximum absolute atomic E-state index is 15.6. The molecule has 1 unspecified atom stereocenters. The summed E-state index contributed by atoms with van der Waals surface area (Å²) in [7, 11) is -4.23. The minimum Gasteiger partial charge on any atom is -0.465 e. The Kier molecular flexibility index (Phi) is 6.19. The summed E-state index contributed by atoms with van der Waals surface area (Å²) in [4.78, 5) is 14.7. The Morgan fingerprint density at radius 3 is 2.58 bits per heavy atom. The summed E-state index contributed by atoms with van der Waals surface area (Å²) in [6, 6.07) is 3.24. The minimum atomic E-state index is -4.23. The number of rotatable bonds is 6. The third-order valence-corrected chi connectivity index (χ3v) is 7.30. The molecule has 1 atom stereocenters. The second-order valence-electron chi connectivity index (χ2n) is 7.99. The average molecular weight is 470 g/mol. The molecule has 0 saturated heterocycles. The van der Waals surface area contributed by atoms with Gasteiger partial charge in [0.25, 0.3) is 10.0 Å². The van der Waals surface area contributed by atoms with E-state index >= 15 is 4.39 Å². The maximum Gasteiger partial charge on any atom is 0.404 e. The monoisotopic (exact) mass is 469 g/mol. The topological polar surface area (TPSA) is 101 Å². The van der Waals surface area contributed by atoms with Crippen LogP contribution in [0.25, 0.3) is 11.3 Å². The van der Waals surface area contributed by atoms with E-state index < -0.39 is 45.0 Å². The van der Waals surface area contributed by atoms with Gasteiger partial charge in [0.1, 0.15) is 5.69 Å². The van der Waals surface area contributed by atoms with Gasteiger partial charge < -0.3 is 10.4 Å². The fraction of sp³-hybridized carbons (Fsp3) is 0.300. The van der Waals surface area contributed by atoms with E-state index in [4.69, 9.17) is 5.11 Å². The highest BCUT2D eigenvalue weighted by molar-refractivity contribution is 7.90. The van der Waals surface area contributed by atoms with Crippen molar-refractivity contribution in [1.29, 1.82) is 0 Å². The first-order chi connectivity index (χ1) is 14.4. The number of hydrogen-bond acceptors (Lipinski definition) is 5. The number of thiophene rings is 1. The number of nitrogens with zero attached hydrogens (tertiary/aromatic N) is 2. The highest BCUT2D eigenvalue weighted by Crippen LogP contribution is 2.34. The summed E-state index contributed by atoms with van der Waals surface area (Å²) < 4.78 is 57.0. The van der Waals surface area contributed by atoms with Crippen molar-refractivity contribution in [3.8, 4) is 11.3 Å². The fourth-order valence-corrected chi connectivity index (χ4v) is 5.51. The van der Waals surface area contributed by atoms with E-state index in [2.05, 4.69) is 10.3 Å². The Morgan fingerprint density at radius 2 is 2.03 bits per heavy atom. The molecule has 0 fully saturated rings. The van der Waals surface area contributed by atoms with Gasteiger partial charge in [0, 0.05) is 29.4 Å². The smallest absolute Gasteiger partial charge is 0.404 e. The first-order valence-corrected chi connectivity index (χ1v) is 11.6. The summed E-state index contributed by atoms with van der Waals surface area (Å²) in [6.45, 7) is 5.31. The second-order valence-corrected chi connectivity index (χ2v) is 10.6. The summed E-state index contributed by atoms with van der Waals surface area (Å²) >= 11 is 1.15. The third kappa shape index (κ3) is 4.62. The molecule has 0 aliphatic heterocycles. The number of nitrogens with one attached hydrogen (secondary N) is 1. The normalized spacial score (nSPS) is 13.2. The predicted octanol–water partition coefficient (Wildman–Crippen LogP) is 4.35. The zero-order valence-electron chi connectivity index (χ0n) is 17.0. The van der Waals surface area contributed by atoms with Crippen molar-refractivity contribution >= 4 is 27.5 Å². The van der Waals surface area contributed by atoms with Crippen LogP contribution in [0.1, 0.15) is 26.3 Å². The quantitative estimate of drug-likeness (QED) is 0.523. The highest BCUT2D eigenvalue weighted by Gasteiger charge is 2.32. The van der Waals surface area contributed by atoms with E-state index in [1.54, 1.807) is 26.2 Å². The van der Waals surface area contributed by atoms with Crippen LogP contribution in [-0.4, -0.2) is 34.6 Å². The van der Waals surface area contributed by atoms with Gasteiger partial charge in [-0.3, -0.25) is 0 Å². The number of halogens is 2. The fourth-order valence-electron chi connectivity index (χ4n) is 3.10. The molecule has 0 aliphatic carbocycles. The molecule has 166 valence electrons. The second kappa shape index (κ2) is 8.39. The molecule has 3 rings (SSSR count). The number of carboxylic acid groups (broad SMARTS) is 1. The van der Waals surface area contributed by atoms with Crippen molar-refractivity contribution in [2.45, 2.75) is 38.1 Å². The Labute approximate surface area is 182 Å². The van der Waals surface area contributed by atoms with Gasteiger partial charge >= 0.3 is 6.09 Å². The lowest BCUT2D eigenvalue weighted by molar-refractivity contribution is 0.174. The van der Waals surface area contributed by atoms with E-state index in [1.807, 2.05) is 0 Å². The molecule has 31 heavy (non-hydrogen) atoms. The third-order valence-electron chi connectivity index (χ3n) is 4.82. The van der Waals surface area contributed by atoms with Crippen molar-refractivity contribution < 1.29 is 27.1 Å². The highest BCUT2D eigenvalue weighted by atomic mass is 32.2. The van der Waals surface area contributed by atoms with Crippen molar-refractivity contribution in [3.63, 3.8) is 0 Å². The van der Waals surface area contributed by atoms with Gasteiger partial charge in [0.2, 0.25) is 5.95 Å². The zero-order valence-corrected chi connectivity index (χ0v) is 18.6. The molecule has 0 saturated carbocycles. The van der Waals surface area contributed by atoms with Crippen LogP contribution in [0.4, 0.5) is 13.6 Å². The first-order valence-electron chi connectivity index (χ1n) is 9.20. The van der Waals surface area contributed by atoms with Crippen molar-refractivity contribution in [3.05, 3.63) is 58.7 Å². The molecule has 11 heteroatoms. The lowest BCUT2D eigenvalue weighted by Gasteiger charge is -2.30. The number of hydrogen-bond donors (Lipinski definition) is 2. The van der Waals surface area contributed by atoms with Crippen LogP contribution in [0.15, 0.2) is 46.2 Å². The van der Waals surface area contributed by atoms with Crippen LogP contribution < -0.4 is 5.32 Å². The molecule has 0 radical (unpaired) electrons. The average Bonchev–Trinajstić information content (AvgIpc) is 3.31. The molecule has 3 aromatic rings. The molecule has 0 bridgehead atoms. The SMILES string of the molecule is CC(C)(C)C(Cc1cn(S(=O)(=O)c2ccsc2)c(-c2cccnc2F)c1F)NC(=O)O. The van der Waals surface area contributed by atoms with Crippen molar-refractivity contribution in [2.24, 2.45) is 5.41 Å². The van der Waals surface area contributed by atoms with Gasteiger partial charge in [0.05, 0.1) is 10.5 Å². The molecular formula is C20H21F2N3O4S2. The summed E-state index contributed by atoms with van der Waals surface area (Å²) in [6.07, 6.45) is 0.823. The van der Waals surface area contributed by atoms with E-state index in [0.717, 1.165) is 17.5 Å². The van der Waals surface area contributed by atoms with Crippen LogP contribution in [0.5, 0.6) is 0 Å². The zero-order chi connectivity index (χ0) is 23.0. The molecule has 2 N–H and O–H groups in total. The Hall–Kier alpha value is -2.79. The Bertz CT molecular complexity index is 1200. The van der Waals surface area contributed by atoms with Gasteiger partial charge in [0.15, 0.2) is 5.82 Å². The van der Waals surface area contributed by atoms with E-state index in [-0.39, 0.29) is 22.4 Å². The van der Waals surface area contributed by atoms with E-state index in [9.17, 15) is 17.6 Å². The molecule has 0 aromatic carbocycles. The van der Waals surface area contributed by atoms with Crippen molar-refractivity contribution in [2.75, 3.05) is 0 Å². The molecule has 3 aromatic heterocycles. The van der Waals surface area contributed by atoms with Gasteiger partial charge in [-0.1, -0.05) is 20.8 Å². The van der Waals surface area contributed by atoms with Crippen LogP contribution in [0.2, 0.25) is 0 Å². The Balaban J connectivity index is 2.22. The largest absolute Gasteiger partial charge is 0.465 e. The maximum atomic E-state index is 15.6. The van der Waals surface area contributed by atoms with Gasteiger partial charge in [-0.05, 0) is 35.4 Å². The summed E-state index contributed by atoms with van der Waals surface area (Å²) in [5.74, 6) is -1.98. The molecule has 3 heterocycles. The van der Waals surface area contributed by atoms with Crippen LogP contribution in [0, 0.1) is 17.2 Å². The number of carbonyl (C=O) groups is 1. The van der Waals surface area contributed by atoms with E-state index in [1.165, 1.54) is 29.8 Å². The lowest BCUT2D eigenvalue weighted by Crippen LogP contribution is -2.44. The molecule has 0 spiro atoms. The summed E-state index contributed by atoms with van der Waals surface area (Å²) in [5, 5.41) is 14.5. The van der Waals surface area contributed by atoms with Crippen molar-refractivity contribution in [1.82, 2.24) is 14.3 Å². The van der Waals surface area contributed by atoms with Gasteiger partial charge in [-0.25, -0.2) is 26.6 Å². The first kappa shape index (κ1) is 22.9. The van der Waals surface area contributed by atoms with Crippen LogP contribution >= 0.6 is 11.3 Å². The van der Waals surface area contributed by atoms with Gasteiger partial charge in [-0.2, -0.15) is 15.7 Å². The minimum absolute atomic E-state index is 0.0641. The van der Waals surface area contributed by atoms with E-state index in [0.29, 0.717) is 3.97 Å². The molecule has 1 amide bonds. The number of amides is 1. The number of pyridine rings is 1. The van der Waals surface area contributed by atoms with Gasteiger partial charge in [-0.15, -0.1) is 0 Å². The standard InChI is InChI=1S/C20H21F2N3O4S2/c1-20(2,3)15(24-19(26)27)9-12-10-25(31(28,29)13-6-8-30-11-13)17(16(12)21)14-5-4-7-23-18(14)22/h4-8,10-11,15,24H,9H2,1-3H3,(H,26,27). The predicted molar refractivity (Wildman–Crippen MR) is 113 cm³/mol. The summed E-state index contributed by atoms with van der Waals surface area (Å²) in [5.41, 5.74) is -1.47. The van der Waals surface area contributed by atoms with Crippen LogP contribution in [0.3, 0.4) is 0 Å².